The number of H-pyrrole nitrogens is 1. The number of carboxylic acids is 1. The number of carboxylic acid groups (broad SMARTS) is 1. The van der Waals surface area contributed by atoms with Crippen molar-refractivity contribution in [2.75, 3.05) is 34.4 Å². The molecule has 2 atom stereocenters. The second kappa shape index (κ2) is 10.5. The largest absolute Gasteiger partial charge is 0.480 e. The van der Waals surface area contributed by atoms with Gasteiger partial charge in [-0.1, -0.05) is 0 Å². The Kier molecular flexibility index (Phi) is 7.46. The van der Waals surface area contributed by atoms with E-state index >= 15 is 0 Å². The van der Waals surface area contributed by atoms with Gasteiger partial charge in [-0.2, -0.15) is 4.98 Å². The van der Waals surface area contributed by atoms with Crippen molar-refractivity contribution in [1.29, 1.82) is 0 Å². The topological polar surface area (TPSA) is 200 Å². The predicted octanol–water partition coefficient (Wildman–Crippen LogP) is -0.227. The lowest BCUT2D eigenvalue weighted by Gasteiger charge is -2.34. The summed E-state index contributed by atoms with van der Waals surface area (Å²) in [6.45, 7) is 1.96. The first-order valence-corrected chi connectivity index (χ1v) is 10.4. The third-order valence-electron chi connectivity index (χ3n) is 5.26. The Balaban J connectivity index is 1.62. The number of carbonyl (C=O) groups is 4. The highest BCUT2D eigenvalue weighted by Gasteiger charge is 2.29. The molecule has 2 amide bonds. The minimum atomic E-state index is -1.22. The van der Waals surface area contributed by atoms with Crippen molar-refractivity contribution >= 4 is 47.2 Å². The van der Waals surface area contributed by atoms with Crippen molar-refractivity contribution < 1.29 is 24.3 Å². The molecule has 1 aliphatic heterocycles. The monoisotopic (exact) mass is 471 g/mol. The molecule has 34 heavy (non-hydrogen) atoms. The molecule has 2 aromatic rings. The van der Waals surface area contributed by atoms with Gasteiger partial charge in [0.1, 0.15) is 11.8 Å². The Labute approximate surface area is 193 Å². The second-order valence-electron chi connectivity index (χ2n) is 7.76. The van der Waals surface area contributed by atoms with Crippen molar-refractivity contribution in [2.45, 2.75) is 31.8 Å². The zero-order chi connectivity index (χ0) is 24.8. The number of carbonyl (C=O) groups excluding carboxylic acids is 3. The molecule has 7 N–H and O–H groups in total. The lowest BCUT2D eigenvalue weighted by molar-refractivity contribution is -0.139. The molecule has 13 heteroatoms. The fourth-order valence-corrected chi connectivity index (χ4v) is 3.47. The summed E-state index contributed by atoms with van der Waals surface area (Å²) in [5.41, 5.74) is 5.97. The van der Waals surface area contributed by atoms with Gasteiger partial charge in [-0.3, -0.25) is 19.4 Å². The van der Waals surface area contributed by atoms with Crippen LogP contribution in [0.5, 0.6) is 0 Å². The second-order valence-corrected chi connectivity index (χ2v) is 7.76. The van der Waals surface area contributed by atoms with E-state index in [0.717, 1.165) is 0 Å². The van der Waals surface area contributed by atoms with Crippen LogP contribution in [0.1, 0.15) is 30.1 Å². The third-order valence-corrected chi connectivity index (χ3v) is 5.26. The molecule has 0 fully saturated rings. The van der Waals surface area contributed by atoms with E-state index in [0.29, 0.717) is 18.6 Å². The van der Waals surface area contributed by atoms with E-state index in [1.165, 1.54) is 24.0 Å². The molecule has 0 radical (unpaired) electrons. The van der Waals surface area contributed by atoms with E-state index in [1.54, 1.807) is 12.1 Å². The van der Waals surface area contributed by atoms with Gasteiger partial charge < -0.3 is 36.5 Å². The number of hydrogen-bond donors (Lipinski definition) is 6. The molecule has 1 unspecified atom stereocenters. The molecule has 1 aliphatic rings. The molecule has 0 saturated carbocycles. The van der Waals surface area contributed by atoms with E-state index in [2.05, 4.69) is 25.9 Å². The van der Waals surface area contributed by atoms with Gasteiger partial charge >= 0.3 is 5.97 Å². The molecule has 3 rings (SSSR count). The number of nitrogen functional groups attached to an aromatic ring is 1. The van der Waals surface area contributed by atoms with E-state index in [1.807, 2.05) is 0 Å². The van der Waals surface area contributed by atoms with Crippen LogP contribution in [0.3, 0.4) is 0 Å². The number of benzene rings is 1. The number of nitrogens with zero attached hydrogens (tertiary/aromatic N) is 2. The number of nitrogens with two attached hydrogens (primary N) is 1. The standard InChI is InChI=1S/C21H25N7O6/c1-11(30)2-7-15(20(33)34)25-18(31)12-3-5-13(6-4-12)23-8-14-9-24-17-16(28(14)10-29)19(32)27-21(22)26-17/h3-6,10,14-15,23H,2,7-9H2,1H3,(H,25,31)(H,33,34)(H4,22,24,26,27,32)/t14?,15-/m1/s1. The summed E-state index contributed by atoms with van der Waals surface area (Å²) in [6, 6.07) is 4.72. The van der Waals surface area contributed by atoms with Gasteiger partial charge in [0.2, 0.25) is 12.4 Å². The van der Waals surface area contributed by atoms with Gasteiger partial charge in [-0.05, 0) is 37.6 Å². The summed E-state index contributed by atoms with van der Waals surface area (Å²) in [5, 5.41) is 17.8. The Morgan fingerprint density at radius 3 is 2.65 bits per heavy atom. The number of nitrogens with one attached hydrogen (secondary N) is 4. The Hall–Kier alpha value is -4.42. The lowest BCUT2D eigenvalue weighted by atomic mass is 10.1. The molecule has 13 nitrogen and oxygen atoms in total. The maximum Gasteiger partial charge on any atom is 0.326 e. The van der Waals surface area contributed by atoms with Gasteiger partial charge in [0.25, 0.3) is 11.5 Å². The third kappa shape index (κ3) is 5.68. The van der Waals surface area contributed by atoms with Crippen LogP contribution in [-0.4, -0.2) is 64.3 Å². The van der Waals surface area contributed by atoms with Gasteiger partial charge in [0.15, 0.2) is 11.5 Å². The number of anilines is 4. The van der Waals surface area contributed by atoms with E-state index in [-0.39, 0.29) is 48.2 Å². The molecule has 1 aromatic carbocycles. The predicted molar refractivity (Wildman–Crippen MR) is 124 cm³/mol. The number of rotatable bonds is 10. The summed E-state index contributed by atoms with van der Waals surface area (Å²) >= 11 is 0. The van der Waals surface area contributed by atoms with Crippen LogP contribution in [0, 0.1) is 0 Å². The number of aromatic nitrogens is 2. The minimum Gasteiger partial charge on any atom is -0.480 e. The number of hydrogen-bond acceptors (Lipinski definition) is 9. The van der Waals surface area contributed by atoms with Crippen molar-refractivity contribution in [2.24, 2.45) is 0 Å². The highest BCUT2D eigenvalue weighted by Crippen LogP contribution is 2.25. The molecule has 0 saturated heterocycles. The number of ketones is 1. The quantitative estimate of drug-likeness (QED) is 0.252. The van der Waals surface area contributed by atoms with E-state index in [4.69, 9.17) is 5.73 Å². The zero-order valence-corrected chi connectivity index (χ0v) is 18.3. The van der Waals surface area contributed by atoms with Crippen LogP contribution >= 0.6 is 0 Å². The van der Waals surface area contributed by atoms with Crippen molar-refractivity contribution in [3.63, 3.8) is 0 Å². The first kappa shape index (κ1) is 24.2. The molecule has 180 valence electrons. The molecule has 2 heterocycles. The van der Waals surface area contributed by atoms with Gasteiger partial charge in [-0.25, -0.2) is 4.79 Å². The van der Waals surface area contributed by atoms with E-state index in [9.17, 15) is 29.1 Å². The summed E-state index contributed by atoms with van der Waals surface area (Å²) in [7, 11) is 0. The van der Waals surface area contributed by atoms with Crippen molar-refractivity contribution in [1.82, 2.24) is 15.3 Å². The summed E-state index contributed by atoms with van der Waals surface area (Å²) in [6.07, 6.45) is 0.609. The number of aliphatic carboxylic acids is 1. The van der Waals surface area contributed by atoms with E-state index < -0.39 is 29.5 Å². The Morgan fingerprint density at radius 1 is 1.32 bits per heavy atom. The first-order chi connectivity index (χ1) is 16.2. The first-order valence-electron chi connectivity index (χ1n) is 10.4. The van der Waals surface area contributed by atoms with Gasteiger partial charge in [-0.15, -0.1) is 0 Å². The maximum atomic E-state index is 12.4. The molecule has 1 aromatic heterocycles. The van der Waals surface area contributed by atoms with Crippen LogP contribution in [0.2, 0.25) is 0 Å². The van der Waals surface area contributed by atoms with Crippen LogP contribution in [0.4, 0.5) is 23.1 Å². The molecular weight excluding hydrogens is 446 g/mol. The van der Waals surface area contributed by atoms with Gasteiger partial charge in [0.05, 0.1) is 6.04 Å². The lowest BCUT2D eigenvalue weighted by Crippen LogP contribution is -2.50. The Morgan fingerprint density at radius 2 is 2.03 bits per heavy atom. The Bertz CT molecular complexity index is 1150. The maximum absolute atomic E-state index is 12.4. The molecular formula is C21H25N7O6. The minimum absolute atomic E-state index is 0.00672. The molecule has 0 spiro atoms. The normalized spacial score (nSPS) is 15.4. The summed E-state index contributed by atoms with van der Waals surface area (Å²) < 4.78 is 0. The van der Waals surface area contributed by atoms with Crippen molar-refractivity contribution in [3.05, 3.63) is 40.2 Å². The van der Waals surface area contributed by atoms with Crippen LogP contribution < -0.4 is 32.1 Å². The van der Waals surface area contributed by atoms with Crippen LogP contribution in [0.25, 0.3) is 0 Å². The van der Waals surface area contributed by atoms with Crippen LogP contribution in [-0.2, 0) is 14.4 Å². The summed E-state index contributed by atoms with van der Waals surface area (Å²) in [5.74, 6) is -1.79. The number of fused-ring (bicyclic) bond motifs is 1. The number of aromatic amines is 1. The molecule has 0 bridgehead atoms. The summed E-state index contributed by atoms with van der Waals surface area (Å²) in [4.78, 5) is 66.4. The fourth-order valence-electron chi connectivity index (χ4n) is 3.47. The van der Waals surface area contributed by atoms with Crippen molar-refractivity contribution in [3.8, 4) is 0 Å². The molecule has 0 aliphatic carbocycles. The highest BCUT2D eigenvalue weighted by atomic mass is 16.4. The number of Topliss-reactive ketones (excluding diaryl/α,β-unsaturated/α-hetero) is 1. The highest BCUT2D eigenvalue weighted by molar-refractivity contribution is 5.97. The average Bonchev–Trinajstić information content (AvgIpc) is 2.79. The fraction of sp³-hybridized carbons (Fsp3) is 0.333. The smallest absolute Gasteiger partial charge is 0.326 e. The number of amides is 2. The zero-order valence-electron chi connectivity index (χ0n) is 18.3. The average molecular weight is 471 g/mol. The van der Waals surface area contributed by atoms with Crippen LogP contribution in [0.15, 0.2) is 29.1 Å². The van der Waals surface area contributed by atoms with Gasteiger partial charge in [0, 0.05) is 30.8 Å². The SMILES string of the molecule is CC(=O)CC[C@@H](NC(=O)c1ccc(NCC2CNc3nc(N)[nH]c(=O)c3N2C=O)cc1)C(=O)O.